The van der Waals surface area contributed by atoms with E-state index < -0.39 is 0 Å². The molecule has 0 aliphatic carbocycles. The quantitative estimate of drug-likeness (QED) is 0.840. The fourth-order valence-electron chi connectivity index (χ4n) is 2.74. The van der Waals surface area contributed by atoms with Gasteiger partial charge in [0.1, 0.15) is 0 Å². The van der Waals surface area contributed by atoms with E-state index in [9.17, 15) is 0 Å². The summed E-state index contributed by atoms with van der Waals surface area (Å²) < 4.78 is 0. The molecule has 0 aromatic heterocycles. The molecule has 0 amide bonds. The van der Waals surface area contributed by atoms with Crippen LogP contribution in [-0.2, 0) is 6.42 Å². The van der Waals surface area contributed by atoms with Gasteiger partial charge >= 0.3 is 0 Å². The monoisotopic (exact) mass is 267 g/mol. The summed E-state index contributed by atoms with van der Waals surface area (Å²) in [6.45, 7) is 9.78. The Kier molecular flexibility index (Phi) is 4.97. The Morgan fingerprint density at radius 2 is 1.70 bits per heavy atom. The van der Waals surface area contributed by atoms with Crippen molar-refractivity contribution in [2.24, 2.45) is 0 Å². The Morgan fingerprint density at radius 3 is 2.40 bits per heavy atom. The maximum Gasteiger partial charge on any atom is 0.0294 e. The van der Waals surface area contributed by atoms with Crippen molar-refractivity contribution in [3.8, 4) is 0 Å². The molecule has 1 heteroatoms. The average Bonchev–Trinajstić information content (AvgIpc) is 2.40. The molecule has 0 heterocycles. The van der Waals surface area contributed by atoms with Crippen LogP contribution < -0.4 is 5.32 Å². The maximum atomic E-state index is 3.63. The van der Waals surface area contributed by atoms with Crippen LogP contribution in [0.15, 0.2) is 42.5 Å². The Balaban J connectivity index is 1.92. The van der Waals surface area contributed by atoms with Gasteiger partial charge in [0.25, 0.3) is 0 Å². The van der Waals surface area contributed by atoms with Gasteiger partial charge in [0.15, 0.2) is 0 Å². The first-order chi connectivity index (χ1) is 9.58. The standard InChI is InChI=1S/C19H25N/c1-14-9-10-19(16(3)13-14)17(4)20-12-11-18-8-6-5-7-15(18)2/h5-10,13,17,20H,11-12H2,1-4H3. The third-order valence-electron chi connectivity index (χ3n) is 4.00. The zero-order valence-electron chi connectivity index (χ0n) is 13.0. The molecule has 0 aliphatic rings. The Labute approximate surface area is 123 Å². The van der Waals surface area contributed by atoms with E-state index in [0.717, 1.165) is 13.0 Å². The fraction of sp³-hybridized carbons (Fsp3) is 0.368. The Bertz CT molecular complexity index is 572. The second-order valence-corrected chi connectivity index (χ2v) is 5.71. The summed E-state index contributed by atoms with van der Waals surface area (Å²) >= 11 is 0. The predicted molar refractivity (Wildman–Crippen MR) is 87.2 cm³/mol. The van der Waals surface area contributed by atoms with Crippen LogP contribution in [0.4, 0.5) is 0 Å². The van der Waals surface area contributed by atoms with Crippen molar-refractivity contribution in [1.82, 2.24) is 5.32 Å². The number of hydrogen-bond donors (Lipinski definition) is 1. The molecule has 2 aromatic rings. The molecule has 106 valence electrons. The van der Waals surface area contributed by atoms with Crippen LogP contribution in [0.5, 0.6) is 0 Å². The smallest absolute Gasteiger partial charge is 0.0294 e. The highest BCUT2D eigenvalue weighted by Crippen LogP contribution is 2.18. The number of hydrogen-bond acceptors (Lipinski definition) is 1. The summed E-state index contributed by atoms with van der Waals surface area (Å²) in [6.07, 6.45) is 1.09. The second kappa shape index (κ2) is 6.71. The number of benzene rings is 2. The van der Waals surface area contributed by atoms with Crippen LogP contribution in [0.1, 0.15) is 40.8 Å². The zero-order valence-corrected chi connectivity index (χ0v) is 13.0. The molecule has 1 nitrogen and oxygen atoms in total. The highest BCUT2D eigenvalue weighted by Gasteiger charge is 2.07. The van der Waals surface area contributed by atoms with Crippen LogP contribution >= 0.6 is 0 Å². The minimum absolute atomic E-state index is 0.402. The van der Waals surface area contributed by atoms with Gasteiger partial charge in [-0.25, -0.2) is 0 Å². The summed E-state index contributed by atoms with van der Waals surface area (Å²) in [5.41, 5.74) is 6.93. The first-order valence-corrected chi connectivity index (χ1v) is 7.43. The van der Waals surface area contributed by atoms with E-state index in [-0.39, 0.29) is 0 Å². The molecule has 0 spiro atoms. The molecule has 0 saturated heterocycles. The van der Waals surface area contributed by atoms with Crippen molar-refractivity contribution in [2.45, 2.75) is 40.2 Å². The van der Waals surface area contributed by atoms with Gasteiger partial charge in [0.05, 0.1) is 0 Å². The molecule has 20 heavy (non-hydrogen) atoms. The van der Waals surface area contributed by atoms with E-state index in [4.69, 9.17) is 0 Å². The molecule has 1 N–H and O–H groups in total. The molecule has 0 saturated carbocycles. The van der Waals surface area contributed by atoms with Crippen molar-refractivity contribution in [3.63, 3.8) is 0 Å². The molecule has 0 bridgehead atoms. The first-order valence-electron chi connectivity index (χ1n) is 7.43. The molecule has 1 atom stereocenters. The van der Waals surface area contributed by atoms with Crippen molar-refractivity contribution in [3.05, 3.63) is 70.3 Å². The van der Waals surface area contributed by atoms with Gasteiger partial charge in [-0.05, 0) is 62.9 Å². The summed E-state index contributed by atoms with van der Waals surface area (Å²) in [5.74, 6) is 0. The van der Waals surface area contributed by atoms with Crippen molar-refractivity contribution >= 4 is 0 Å². The lowest BCUT2D eigenvalue weighted by Crippen LogP contribution is -2.22. The van der Waals surface area contributed by atoms with Crippen LogP contribution in [0.3, 0.4) is 0 Å². The summed E-state index contributed by atoms with van der Waals surface area (Å²) in [7, 11) is 0. The molecular weight excluding hydrogens is 242 g/mol. The Hall–Kier alpha value is -1.60. The number of rotatable bonds is 5. The number of nitrogens with one attached hydrogen (secondary N) is 1. The van der Waals surface area contributed by atoms with Crippen LogP contribution in [-0.4, -0.2) is 6.54 Å². The van der Waals surface area contributed by atoms with Gasteiger partial charge in [-0.3, -0.25) is 0 Å². The molecule has 2 aromatic carbocycles. The summed E-state index contributed by atoms with van der Waals surface area (Å²) in [4.78, 5) is 0. The highest BCUT2D eigenvalue weighted by atomic mass is 14.9. The molecule has 0 fully saturated rings. The number of aryl methyl sites for hydroxylation is 3. The van der Waals surface area contributed by atoms with Gasteiger partial charge in [-0.1, -0.05) is 48.0 Å². The maximum absolute atomic E-state index is 3.63. The molecular formula is C19H25N. The van der Waals surface area contributed by atoms with Crippen molar-refractivity contribution in [2.75, 3.05) is 6.54 Å². The zero-order chi connectivity index (χ0) is 14.5. The van der Waals surface area contributed by atoms with Gasteiger partial charge in [-0.15, -0.1) is 0 Å². The van der Waals surface area contributed by atoms with E-state index in [0.29, 0.717) is 6.04 Å². The molecule has 1 unspecified atom stereocenters. The van der Waals surface area contributed by atoms with Crippen LogP contribution in [0.25, 0.3) is 0 Å². The largest absolute Gasteiger partial charge is 0.310 e. The minimum Gasteiger partial charge on any atom is -0.310 e. The van der Waals surface area contributed by atoms with Gasteiger partial charge in [0, 0.05) is 6.04 Å². The van der Waals surface area contributed by atoms with Crippen molar-refractivity contribution < 1.29 is 0 Å². The predicted octanol–water partition coefficient (Wildman–Crippen LogP) is 4.51. The second-order valence-electron chi connectivity index (χ2n) is 5.71. The fourth-order valence-corrected chi connectivity index (χ4v) is 2.74. The topological polar surface area (TPSA) is 12.0 Å². The first kappa shape index (κ1) is 14.8. The van der Waals surface area contributed by atoms with Gasteiger partial charge in [-0.2, -0.15) is 0 Å². The van der Waals surface area contributed by atoms with Gasteiger partial charge < -0.3 is 5.32 Å². The summed E-state index contributed by atoms with van der Waals surface area (Å²) in [5, 5.41) is 3.63. The van der Waals surface area contributed by atoms with Gasteiger partial charge in [0.2, 0.25) is 0 Å². The average molecular weight is 267 g/mol. The minimum atomic E-state index is 0.402. The normalized spacial score (nSPS) is 12.4. The lowest BCUT2D eigenvalue weighted by atomic mass is 10.00. The van der Waals surface area contributed by atoms with E-state index >= 15 is 0 Å². The third kappa shape index (κ3) is 3.71. The van der Waals surface area contributed by atoms with E-state index in [1.165, 1.54) is 27.8 Å². The highest BCUT2D eigenvalue weighted by molar-refractivity contribution is 5.32. The Morgan fingerprint density at radius 1 is 0.950 bits per heavy atom. The van der Waals surface area contributed by atoms with E-state index in [1.54, 1.807) is 0 Å². The van der Waals surface area contributed by atoms with E-state index in [1.807, 2.05) is 0 Å². The van der Waals surface area contributed by atoms with Crippen LogP contribution in [0, 0.1) is 20.8 Å². The van der Waals surface area contributed by atoms with E-state index in [2.05, 4.69) is 75.5 Å². The lowest BCUT2D eigenvalue weighted by molar-refractivity contribution is 0.574. The van der Waals surface area contributed by atoms with Crippen LogP contribution in [0.2, 0.25) is 0 Å². The third-order valence-corrected chi connectivity index (χ3v) is 4.00. The molecule has 0 radical (unpaired) electrons. The molecule has 0 aliphatic heterocycles. The lowest BCUT2D eigenvalue weighted by Gasteiger charge is -2.17. The van der Waals surface area contributed by atoms with Crippen molar-refractivity contribution in [1.29, 1.82) is 0 Å². The SMILES string of the molecule is Cc1ccc(C(C)NCCc2ccccc2C)c(C)c1. The summed E-state index contributed by atoms with van der Waals surface area (Å²) in [6, 6.07) is 15.7. The molecule has 2 rings (SSSR count).